The number of aromatic nitrogens is 3. The standard InChI is InChI=1S/C16H20N4S/c1-3-14-18-15(13-11-12(2)21-16(13)19-14)17-7-6-10-20-8-4-5-9-20/h4-5,8-9,11H,3,6-7,10H2,1-2H3,(H,17,18,19). The number of nitrogens with zero attached hydrogens (tertiary/aromatic N) is 3. The average molecular weight is 300 g/mol. The molecule has 0 unspecified atom stereocenters. The Morgan fingerprint density at radius 2 is 2.05 bits per heavy atom. The van der Waals surface area contributed by atoms with Gasteiger partial charge in [-0.3, -0.25) is 0 Å². The molecule has 0 spiro atoms. The van der Waals surface area contributed by atoms with Crippen molar-refractivity contribution in [3.05, 3.63) is 41.3 Å². The summed E-state index contributed by atoms with van der Waals surface area (Å²) in [6.07, 6.45) is 6.14. The Kier molecular flexibility index (Phi) is 4.20. The number of aryl methyl sites for hydroxylation is 3. The van der Waals surface area contributed by atoms with Crippen LogP contribution in [0.4, 0.5) is 5.82 Å². The average Bonchev–Trinajstić information content (AvgIpc) is 3.11. The summed E-state index contributed by atoms with van der Waals surface area (Å²) in [4.78, 5) is 11.6. The lowest BCUT2D eigenvalue weighted by atomic mass is 10.3. The molecule has 0 amide bonds. The van der Waals surface area contributed by atoms with Gasteiger partial charge in [0.25, 0.3) is 0 Å². The largest absolute Gasteiger partial charge is 0.369 e. The molecule has 3 heterocycles. The number of fused-ring (bicyclic) bond motifs is 1. The van der Waals surface area contributed by atoms with E-state index in [0.29, 0.717) is 0 Å². The van der Waals surface area contributed by atoms with Gasteiger partial charge in [0.15, 0.2) is 0 Å². The molecule has 5 heteroatoms. The van der Waals surface area contributed by atoms with E-state index in [1.165, 1.54) is 4.88 Å². The highest BCUT2D eigenvalue weighted by Gasteiger charge is 2.09. The molecule has 3 aromatic rings. The molecule has 0 radical (unpaired) electrons. The van der Waals surface area contributed by atoms with Gasteiger partial charge in [-0.15, -0.1) is 11.3 Å². The van der Waals surface area contributed by atoms with E-state index in [0.717, 1.165) is 47.8 Å². The predicted octanol–water partition coefficient (Wildman–Crippen LogP) is 3.87. The molecule has 0 saturated heterocycles. The van der Waals surface area contributed by atoms with Gasteiger partial charge in [0.2, 0.25) is 0 Å². The zero-order chi connectivity index (χ0) is 14.7. The third-order valence-corrected chi connectivity index (χ3v) is 4.37. The third kappa shape index (κ3) is 3.24. The van der Waals surface area contributed by atoms with Crippen molar-refractivity contribution >= 4 is 27.4 Å². The lowest BCUT2D eigenvalue weighted by Crippen LogP contribution is -2.08. The van der Waals surface area contributed by atoms with E-state index in [1.807, 2.05) is 0 Å². The molecule has 1 N–H and O–H groups in total. The maximum atomic E-state index is 4.64. The fraction of sp³-hybridized carbons (Fsp3) is 0.375. The van der Waals surface area contributed by atoms with E-state index in [4.69, 9.17) is 0 Å². The third-order valence-electron chi connectivity index (χ3n) is 3.43. The molecule has 4 nitrogen and oxygen atoms in total. The van der Waals surface area contributed by atoms with Gasteiger partial charge in [0.05, 0.1) is 5.39 Å². The second-order valence-electron chi connectivity index (χ2n) is 5.12. The summed E-state index contributed by atoms with van der Waals surface area (Å²) < 4.78 is 2.20. The Balaban J connectivity index is 1.70. The molecular formula is C16H20N4S. The van der Waals surface area contributed by atoms with Crippen molar-refractivity contribution in [3.8, 4) is 0 Å². The molecule has 0 atom stereocenters. The van der Waals surface area contributed by atoms with Crippen molar-refractivity contribution in [3.63, 3.8) is 0 Å². The highest BCUT2D eigenvalue weighted by molar-refractivity contribution is 7.18. The Morgan fingerprint density at radius 3 is 2.81 bits per heavy atom. The minimum Gasteiger partial charge on any atom is -0.369 e. The molecule has 0 saturated carbocycles. The summed E-state index contributed by atoms with van der Waals surface area (Å²) in [6, 6.07) is 6.29. The van der Waals surface area contributed by atoms with Crippen LogP contribution < -0.4 is 5.32 Å². The second-order valence-corrected chi connectivity index (χ2v) is 6.35. The highest BCUT2D eigenvalue weighted by atomic mass is 32.1. The number of rotatable bonds is 6. The molecule has 0 aliphatic carbocycles. The summed E-state index contributed by atoms with van der Waals surface area (Å²) in [6.45, 7) is 6.16. The van der Waals surface area contributed by atoms with Gasteiger partial charge in [-0.1, -0.05) is 6.92 Å². The van der Waals surface area contributed by atoms with Gasteiger partial charge < -0.3 is 9.88 Å². The van der Waals surface area contributed by atoms with Crippen LogP contribution in [0.2, 0.25) is 0 Å². The molecule has 110 valence electrons. The molecule has 0 fully saturated rings. The second kappa shape index (κ2) is 6.26. The van der Waals surface area contributed by atoms with E-state index in [2.05, 4.69) is 64.3 Å². The Labute approximate surface area is 128 Å². The Bertz CT molecular complexity index is 715. The first-order valence-electron chi connectivity index (χ1n) is 7.38. The van der Waals surface area contributed by atoms with E-state index in [1.54, 1.807) is 11.3 Å². The van der Waals surface area contributed by atoms with Crippen molar-refractivity contribution in [1.29, 1.82) is 0 Å². The minimum atomic E-state index is 0.866. The van der Waals surface area contributed by atoms with Gasteiger partial charge in [-0.05, 0) is 31.5 Å². The Hall–Kier alpha value is -1.88. The molecule has 3 aromatic heterocycles. The van der Waals surface area contributed by atoms with Crippen LogP contribution in [0.1, 0.15) is 24.0 Å². The van der Waals surface area contributed by atoms with Gasteiger partial charge in [0.1, 0.15) is 16.5 Å². The lowest BCUT2D eigenvalue weighted by molar-refractivity contribution is 0.664. The van der Waals surface area contributed by atoms with E-state index in [9.17, 15) is 0 Å². The van der Waals surface area contributed by atoms with E-state index in [-0.39, 0.29) is 0 Å². The number of hydrogen-bond acceptors (Lipinski definition) is 4. The molecule has 0 aliphatic heterocycles. The topological polar surface area (TPSA) is 42.7 Å². The molecule has 3 rings (SSSR count). The molecule has 0 aromatic carbocycles. The first-order valence-corrected chi connectivity index (χ1v) is 8.19. The smallest absolute Gasteiger partial charge is 0.138 e. The number of hydrogen-bond donors (Lipinski definition) is 1. The van der Waals surface area contributed by atoms with Crippen molar-refractivity contribution in [2.45, 2.75) is 33.2 Å². The summed E-state index contributed by atoms with van der Waals surface area (Å²) in [5, 5.41) is 4.63. The summed E-state index contributed by atoms with van der Waals surface area (Å²) >= 11 is 1.74. The summed E-state index contributed by atoms with van der Waals surface area (Å²) in [5.74, 6) is 1.89. The first-order chi connectivity index (χ1) is 10.3. The molecular weight excluding hydrogens is 280 g/mol. The fourth-order valence-corrected chi connectivity index (χ4v) is 3.26. The number of anilines is 1. The van der Waals surface area contributed by atoms with Crippen molar-refractivity contribution < 1.29 is 0 Å². The number of nitrogens with one attached hydrogen (secondary N) is 1. The van der Waals surface area contributed by atoms with Crippen LogP contribution in [0, 0.1) is 6.92 Å². The molecule has 0 bridgehead atoms. The van der Waals surface area contributed by atoms with Crippen LogP contribution in [-0.2, 0) is 13.0 Å². The van der Waals surface area contributed by atoms with Gasteiger partial charge in [0, 0.05) is 36.8 Å². The van der Waals surface area contributed by atoms with Gasteiger partial charge >= 0.3 is 0 Å². The summed E-state index contributed by atoms with van der Waals surface area (Å²) in [7, 11) is 0. The van der Waals surface area contributed by atoms with Crippen LogP contribution in [0.3, 0.4) is 0 Å². The fourth-order valence-electron chi connectivity index (χ4n) is 2.37. The SMILES string of the molecule is CCc1nc(NCCCn2cccc2)c2cc(C)sc2n1. The highest BCUT2D eigenvalue weighted by Crippen LogP contribution is 2.28. The van der Waals surface area contributed by atoms with Crippen molar-refractivity contribution in [1.82, 2.24) is 14.5 Å². The molecule has 21 heavy (non-hydrogen) atoms. The zero-order valence-corrected chi connectivity index (χ0v) is 13.3. The summed E-state index contributed by atoms with van der Waals surface area (Å²) in [5.41, 5.74) is 0. The maximum absolute atomic E-state index is 4.64. The monoisotopic (exact) mass is 300 g/mol. The van der Waals surface area contributed by atoms with Crippen LogP contribution in [0.5, 0.6) is 0 Å². The van der Waals surface area contributed by atoms with Crippen molar-refractivity contribution in [2.24, 2.45) is 0 Å². The zero-order valence-electron chi connectivity index (χ0n) is 12.5. The Morgan fingerprint density at radius 1 is 1.24 bits per heavy atom. The van der Waals surface area contributed by atoms with Crippen LogP contribution >= 0.6 is 11.3 Å². The van der Waals surface area contributed by atoms with Crippen molar-refractivity contribution in [2.75, 3.05) is 11.9 Å². The normalized spacial score (nSPS) is 11.1. The van der Waals surface area contributed by atoms with E-state index >= 15 is 0 Å². The molecule has 0 aliphatic rings. The lowest BCUT2D eigenvalue weighted by Gasteiger charge is -2.08. The number of thiophene rings is 1. The predicted molar refractivity (Wildman–Crippen MR) is 89.1 cm³/mol. The van der Waals surface area contributed by atoms with Crippen LogP contribution in [0.15, 0.2) is 30.6 Å². The first kappa shape index (κ1) is 14.1. The van der Waals surface area contributed by atoms with E-state index < -0.39 is 0 Å². The maximum Gasteiger partial charge on any atom is 0.138 e. The van der Waals surface area contributed by atoms with Crippen LogP contribution in [-0.4, -0.2) is 21.1 Å². The van der Waals surface area contributed by atoms with Gasteiger partial charge in [-0.2, -0.15) is 0 Å². The van der Waals surface area contributed by atoms with Crippen LogP contribution in [0.25, 0.3) is 10.2 Å². The quantitative estimate of drug-likeness (QED) is 0.703. The van der Waals surface area contributed by atoms with Gasteiger partial charge in [-0.25, -0.2) is 9.97 Å². The minimum absolute atomic E-state index is 0.866.